The van der Waals surface area contributed by atoms with Gasteiger partial charge in [-0.25, -0.2) is 0 Å². The van der Waals surface area contributed by atoms with Gasteiger partial charge in [-0.3, -0.25) is 0 Å². The molecule has 0 spiro atoms. The van der Waals surface area contributed by atoms with Gasteiger partial charge in [0.05, 0.1) is 5.41 Å². The molecule has 0 aromatic rings. The summed E-state index contributed by atoms with van der Waals surface area (Å²) in [6.45, 7) is 6.78. The fraction of sp³-hybridized carbons (Fsp3) is 0.600. The number of rotatable bonds is 0. The molecule has 64 valence electrons. The van der Waals surface area contributed by atoms with Crippen LogP contribution in [-0.4, -0.2) is 8.07 Å². The van der Waals surface area contributed by atoms with Crippen molar-refractivity contribution in [2.24, 2.45) is 5.41 Å². The first-order valence-electron chi connectivity index (χ1n) is 4.15. The molecule has 1 saturated carbocycles. The molecule has 0 amide bonds. The summed E-state index contributed by atoms with van der Waals surface area (Å²) in [5.41, 5.74) is 3.45. The van der Waals surface area contributed by atoms with Gasteiger partial charge in [0.25, 0.3) is 0 Å². The highest BCUT2D eigenvalue weighted by atomic mass is 79.9. The highest BCUT2D eigenvalue weighted by Crippen LogP contribution is 2.44. The monoisotopic (exact) mass is 240 g/mol. The molecule has 0 aromatic heterocycles. The van der Waals surface area contributed by atoms with Gasteiger partial charge >= 0.3 is 0 Å². The van der Waals surface area contributed by atoms with Crippen LogP contribution in [0.15, 0.2) is 0 Å². The Hall–Kier alpha value is -0.183. The molecule has 2 heteroatoms. The normalized spacial score (nSPS) is 18.3. The van der Waals surface area contributed by atoms with E-state index in [4.69, 9.17) is 0 Å². The van der Waals surface area contributed by atoms with E-state index in [0.29, 0.717) is 0 Å². The average Bonchev–Trinajstić information content (AvgIpc) is 2.65. The van der Waals surface area contributed by atoms with Crippen LogP contribution in [0.2, 0.25) is 19.6 Å². The van der Waals surface area contributed by atoms with E-state index in [1.807, 2.05) is 0 Å². The first-order chi connectivity index (χ1) is 5.47. The van der Waals surface area contributed by atoms with E-state index >= 15 is 0 Å². The maximum atomic E-state index is 3.38. The lowest BCUT2D eigenvalue weighted by Gasteiger charge is -2.04. The highest BCUT2D eigenvalue weighted by Gasteiger charge is 2.39. The van der Waals surface area contributed by atoms with E-state index < -0.39 is 8.07 Å². The van der Waals surface area contributed by atoms with Crippen LogP contribution in [-0.2, 0) is 0 Å². The minimum atomic E-state index is -1.20. The lowest BCUT2D eigenvalue weighted by Crippen LogP contribution is -2.17. The van der Waals surface area contributed by atoms with Crippen LogP contribution in [0.1, 0.15) is 12.8 Å². The highest BCUT2D eigenvalue weighted by molar-refractivity contribution is 9.12. The summed E-state index contributed by atoms with van der Waals surface area (Å²) in [4.78, 5) is 2.78. The van der Waals surface area contributed by atoms with E-state index in [9.17, 15) is 0 Å². The van der Waals surface area contributed by atoms with E-state index in [2.05, 4.69) is 57.8 Å². The minimum absolute atomic E-state index is 0.0732. The summed E-state index contributed by atoms with van der Waals surface area (Å²) in [6.07, 6.45) is 2.31. The molecule has 1 aliphatic rings. The Morgan fingerprint density at radius 2 is 1.75 bits per heavy atom. The van der Waals surface area contributed by atoms with Crippen LogP contribution in [0.3, 0.4) is 0 Å². The van der Waals surface area contributed by atoms with Gasteiger partial charge in [0.2, 0.25) is 0 Å². The number of hydrogen-bond donors (Lipinski definition) is 0. The van der Waals surface area contributed by atoms with Crippen LogP contribution in [0, 0.1) is 27.6 Å². The molecular formula is C10H13BrSi. The zero-order valence-corrected chi connectivity index (χ0v) is 10.4. The van der Waals surface area contributed by atoms with Crippen LogP contribution >= 0.6 is 15.9 Å². The molecule has 1 fully saturated rings. The first kappa shape index (κ1) is 9.90. The van der Waals surface area contributed by atoms with Crippen molar-refractivity contribution in [1.29, 1.82) is 0 Å². The summed E-state index contributed by atoms with van der Waals surface area (Å²) in [7, 11) is -1.20. The van der Waals surface area contributed by atoms with Gasteiger partial charge < -0.3 is 0 Å². The Morgan fingerprint density at radius 1 is 1.17 bits per heavy atom. The molecule has 0 N–H and O–H groups in total. The first-order valence-corrected chi connectivity index (χ1v) is 8.44. The molecule has 1 rings (SSSR count). The quantitative estimate of drug-likeness (QED) is 0.451. The summed E-state index contributed by atoms with van der Waals surface area (Å²) in [5, 5.41) is 0. The van der Waals surface area contributed by atoms with E-state index in [1.54, 1.807) is 0 Å². The summed E-state index contributed by atoms with van der Waals surface area (Å²) >= 11 is 3.13. The molecule has 0 saturated heterocycles. The lowest BCUT2D eigenvalue weighted by molar-refractivity contribution is 0.944. The van der Waals surface area contributed by atoms with Crippen molar-refractivity contribution < 1.29 is 0 Å². The van der Waals surface area contributed by atoms with Gasteiger partial charge in [-0.2, -0.15) is 0 Å². The smallest absolute Gasteiger partial charge is 0.129 e. The second kappa shape index (κ2) is 3.28. The molecule has 0 radical (unpaired) electrons. The number of halogens is 1. The molecule has 0 aromatic carbocycles. The average molecular weight is 241 g/mol. The van der Waals surface area contributed by atoms with Crippen molar-refractivity contribution in [1.82, 2.24) is 0 Å². The van der Waals surface area contributed by atoms with E-state index in [0.717, 1.165) is 12.8 Å². The van der Waals surface area contributed by atoms with Crippen molar-refractivity contribution in [3.63, 3.8) is 0 Å². The maximum Gasteiger partial charge on any atom is 0.129 e. The SMILES string of the molecule is C[Si](C)(C)C#CC1(C#CBr)CC1. The molecule has 0 nitrogen and oxygen atoms in total. The van der Waals surface area contributed by atoms with Gasteiger partial charge in [0.15, 0.2) is 0 Å². The molecule has 1 aliphatic carbocycles. The third kappa shape index (κ3) is 3.05. The van der Waals surface area contributed by atoms with Crippen molar-refractivity contribution in [3.05, 3.63) is 0 Å². The maximum absolute atomic E-state index is 3.38. The summed E-state index contributed by atoms with van der Waals surface area (Å²) in [5.74, 6) is 6.44. The fourth-order valence-electron chi connectivity index (χ4n) is 0.804. The zero-order valence-electron chi connectivity index (χ0n) is 7.79. The third-order valence-electron chi connectivity index (χ3n) is 1.71. The molecule has 0 unspecified atom stereocenters. The lowest BCUT2D eigenvalue weighted by atomic mass is 10.1. The zero-order chi connectivity index (χ0) is 9.24. The number of hydrogen-bond acceptors (Lipinski definition) is 0. The van der Waals surface area contributed by atoms with Gasteiger partial charge in [0.1, 0.15) is 8.07 Å². The van der Waals surface area contributed by atoms with Crippen LogP contribution < -0.4 is 0 Å². The Bertz CT molecular complexity index is 286. The third-order valence-corrected chi connectivity index (χ3v) is 2.79. The Balaban J connectivity index is 2.70. The van der Waals surface area contributed by atoms with Crippen molar-refractivity contribution in [2.45, 2.75) is 32.5 Å². The van der Waals surface area contributed by atoms with Crippen molar-refractivity contribution >= 4 is 24.0 Å². The van der Waals surface area contributed by atoms with Gasteiger partial charge in [0, 0.05) is 15.9 Å². The van der Waals surface area contributed by atoms with E-state index in [1.165, 1.54) is 0 Å². The largest absolute Gasteiger partial charge is 0.130 e. The predicted octanol–water partition coefficient (Wildman–Crippen LogP) is 3.00. The predicted molar refractivity (Wildman–Crippen MR) is 59.5 cm³/mol. The topological polar surface area (TPSA) is 0 Å². The van der Waals surface area contributed by atoms with Crippen LogP contribution in [0.4, 0.5) is 0 Å². The summed E-state index contributed by atoms with van der Waals surface area (Å²) in [6, 6.07) is 0. The fourth-order valence-corrected chi connectivity index (χ4v) is 1.80. The van der Waals surface area contributed by atoms with E-state index in [-0.39, 0.29) is 5.41 Å². The van der Waals surface area contributed by atoms with Gasteiger partial charge in [-0.05, 0) is 17.7 Å². The van der Waals surface area contributed by atoms with Crippen LogP contribution in [0.5, 0.6) is 0 Å². The van der Waals surface area contributed by atoms with Crippen molar-refractivity contribution in [2.75, 3.05) is 0 Å². The second-order valence-corrected chi connectivity index (χ2v) is 9.45. The Morgan fingerprint density at radius 3 is 2.08 bits per heavy atom. The van der Waals surface area contributed by atoms with Gasteiger partial charge in [-0.1, -0.05) is 31.5 Å². The Kier molecular flexibility index (Phi) is 2.71. The van der Waals surface area contributed by atoms with Crippen molar-refractivity contribution in [3.8, 4) is 22.2 Å². The van der Waals surface area contributed by atoms with Crippen LogP contribution in [0.25, 0.3) is 0 Å². The Labute approximate surface area is 84.3 Å². The molecule has 0 aliphatic heterocycles. The summed E-state index contributed by atoms with van der Waals surface area (Å²) < 4.78 is 0. The minimum Gasteiger partial charge on any atom is -0.130 e. The molecule has 0 bridgehead atoms. The molecular weight excluding hydrogens is 228 g/mol. The molecule has 0 heterocycles. The second-order valence-electron chi connectivity index (χ2n) is 4.30. The molecule has 0 atom stereocenters. The van der Waals surface area contributed by atoms with Gasteiger partial charge in [-0.15, -0.1) is 5.54 Å². The molecule has 12 heavy (non-hydrogen) atoms. The standard InChI is InChI=1S/C10H13BrSi/c1-12(2,3)9-7-10(4-5-10)6-8-11/h4-5H2,1-3H3.